The van der Waals surface area contributed by atoms with Crippen molar-refractivity contribution in [2.45, 2.75) is 26.7 Å². The number of nitrogens with zero attached hydrogens (tertiary/aromatic N) is 3. The van der Waals surface area contributed by atoms with Crippen molar-refractivity contribution in [3.05, 3.63) is 23.3 Å². The van der Waals surface area contributed by atoms with Crippen LogP contribution >= 0.6 is 11.5 Å². The summed E-state index contributed by atoms with van der Waals surface area (Å²) in [5, 5.41) is 11.1. The van der Waals surface area contributed by atoms with E-state index in [1.165, 1.54) is 17.1 Å². The quantitative estimate of drug-likeness (QED) is 0.780. The molecular formula is C10H15N5S. The Morgan fingerprint density at radius 2 is 2.31 bits per heavy atom. The SMILES string of the molecule is Cc1nsc(NCCCc2cn[nH]c2C)n1. The van der Waals surface area contributed by atoms with Crippen molar-refractivity contribution in [2.75, 3.05) is 11.9 Å². The number of H-pyrrole nitrogens is 1. The van der Waals surface area contributed by atoms with E-state index in [1.807, 2.05) is 20.0 Å². The average Bonchev–Trinajstić information content (AvgIpc) is 2.83. The van der Waals surface area contributed by atoms with E-state index in [1.54, 1.807) is 0 Å². The van der Waals surface area contributed by atoms with Gasteiger partial charge in [-0.15, -0.1) is 0 Å². The highest BCUT2D eigenvalue weighted by molar-refractivity contribution is 7.09. The number of nitrogens with one attached hydrogen (secondary N) is 2. The van der Waals surface area contributed by atoms with Crippen LogP contribution in [0.25, 0.3) is 0 Å². The molecule has 16 heavy (non-hydrogen) atoms. The second-order valence-corrected chi connectivity index (χ2v) is 4.45. The zero-order valence-corrected chi connectivity index (χ0v) is 10.3. The minimum atomic E-state index is 0.832. The van der Waals surface area contributed by atoms with E-state index >= 15 is 0 Å². The van der Waals surface area contributed by atoms with Crippen LogP contribution in [0.2, 0.25) is 0 Å². The number of aromatic nitrogens is 4. The highest BCUT2D eigenvalue weighted by atomic mass is 32.1. The predicted molar refractivity (Wildman–Crippen MR) is 64.8 cm³/mol. The van der Waals surface area contributed by atoms with Crippen LogP contribution in [0.3, 0.4) is 0 Å². The predicted octanol–water partition coefficient (Wildman–Crippen LogP) is 1.92. The van der Waals surface area contributed by atoms with Crippen LogP contribution in [-0.2, 0) is 6.42 Å². The van der Waals surface area contributed by atoms with E-state index in [-0.39, 0.29) is 0 Å². The summed E-state index contributed by atoms with van der Waals surface area (Å²) in [6.07, 6.45) is 4.00. The summed E-state index contributed by atoms with van der Waals surface area (Å²) in [5.41, 5.74) is 2.45. The summed E-state index contributed by atoms with van der Waals surface area (Å²) in [7, 11) is 0. The number of aromatic amines is 1. The van der Waals surface area contributed by atoms with E-state index in [4.69, 9.17) is 0 Å². The minimum absolute atomic E-state index is 0.832. The molecule has 0 amide bonds. The molecule has 0 aliphatic heterocycles. The van der Waals surface area contributed by atoms with Crippen molar-refractivity contribution in [3.63, 3.8) is 0 Å². The average molecular weight is 237 g/mol. The maximum absolute atomic E-state index is 4.24. The fourth-order valence-electron chi connectivity index (χ4n) is 1.47. The Bertz CT molecular complexity index is 448. The van der Waals surface area contributed by atoms with Gasteiger partial charge in [0.1, 0.15) is 5.82 Å². The van der Waals surface area contributed by atoms with Gasteiger partial charge in [0.2, 0.25) is 5.13 Å². The van der Waals surface area contributed by atoms with Crippen molar-refractivity contribution in [1.82, 2.24) is 19.6 Å². The fourth-order valence-corrected chi connectivity index (χ4v) is 2.07. The Morgan fingerprint density at radius 1 is 1.44 bits per heavy atom. The standard InChI is InChI=1S/C10H15N5S/c1-7-9(6-12-14-7)4-3-5-11-10-13-8(2)15-16-10/h6H,3-5H2,1-2H3,(H,12,14)(H,11,13,15). The van der Waals surface area contributed by atoms with Gasteiger partial charge in [-0.2, -0.15) is 9.47 Å². The van der Waals surface area contributed by atoms with E-state index in [0.29, 0.717) is 0 Å². The van der Waals surface area contributed by atoms with Crippen LogP contribution in [0.5, 0.6) is 0 Å². The molecule has 0 bridgehead atoms. The van der Waals surface area contributed by atoms with Crippen LogP contribution < -0.4 is 5.32 Å². The number of hydrogen-bond donors (Lipinski definition) is 2. The Kier molecular flexibility index (Phi) is 3.51. The first-order chi connectivity index (χ1) is 7.75. The van der Waals surface area contributed by atoms with E-state index in [0.717, 1.165) is 36.0 Å². The summed E-state index contributed by atoms with van der Waals surface area (Å²) in [6, 6.07) is 0. The molecule has 0 spiro atoms. The third kappa shape index (κ3) is 2.79. The van der Waals surface area contributed by atoms with E-state index in [9.17, 15) is 0 Å². The lowest BCUT2D eigenvalue weighted by atomic mass is 10.1. The van der Waals surface area contributed by atoms with Crippen LogP contribution in [0.4, 0.5) is 5.13 Å². The van der Waals surface area contributed by atoms with Gasteiger partial charge in [-0.25, -0.2) is 4.98 Å². The molecule has 0 aliphatic carbocycles. The molecule has 0 unspecified atom stereocenters. The summed E-state index contributed by atoms with van der Waals surface area (Å²) in [4.78, 5) is 4.24. The van der Waals surface area contributed by atoms with Crippen molar-refractivity contribution in [3.8, 4) is 0 Å². The molecule has 0 aliphatic rings. The molecular weight excluding hydrogens is 222 g/mol. The number of anilines is 1. The Balaban J connectivity index is 1.71. The molecule has 0 fully saturated rings. The van der Waals surface area contributed by atoms with Crippen molar-refractivity contribution >= 4 is 16.7 Å². The lowest BCUT2D eigenvalue weighted by Gasteiger charge is -2.01. The molecule has 0 aromatic carbocycles. The second kappa shape index (κ2) is 5.07. The van der Waals surface area contributed by atoms with Crippen LogP contribution in [0.1, 0.15) is 23.5 Å². The zero-order valence-electron chi connectivity index (χ0n) is 9.45. The molecule has 0 saturated heterocycles. The van der Waals surface area contributed by atoms with E-state index in [2.05, 4.69) is 24.9 Å². The lowest BCUT2D eigenvalue weighted by molar-refractivity contribution is 0.855. The van der Waals surface area contributed by atoms with Gasteiger partial charge in [0.15, 0.2) is 0 Å². The number of aryl methyl sites for hydroxylation is 3. The molecule has 6 heteroatoms. The maximum atomic E-state index is 4.24. The first kappa shape index (κ1) is 11.1. The smallest absolute Gasteiger partial charge is 0.202 e. The van der Waals surface area contributed by atoms with Crippen molar-refractivity contribution in [2.24, 2.45) is 0 Å². The first-order valence-corrected chi connectivity index (χ1v) is 6.06. The van der Waals surface area contributed by atoms with Crippen molar-refractivity contribution < 1.29 is 0 Å². The van der Waals surface area contributed by atoms with Gasteiger partial charge in [-0.1, -0.05) is 0 Å². The largest absolute Gasteiger partial charge is 0.360 e. The lowest BCUT2D eigenvalue weighted by Crippen LogP contribution is -2.02. The van der Waals surface area contributed by atoms with Gasteiger partial charge in [0.25, 0.3) is 0 Å². The van der Waals surface area contributed by atoms with Gasteiger partial charge in [0, 0.05) is 23.8 Å². The molecule has 5 nitrogen and oxygen atoms in total. The minimum Gasteiger partial charge on any atom is -0.360 e. The normalized spacial score (nSPS) is 10.6. The third-order valence-corrected chi connectivity index (χ3v) is 3.13. The fraction of sp³-hybridized carbons (Fsp3) is 0.500. The molecule has 86 valence electrons. The monoisotopic (exact) mass is 237 g/mol. The molecule has 2 N–H and O–H groups in total. The Morgan fingerprint density at radius 3 is 2.94 bits per heavy atom. The molecule has 0 atom stereocenters. The molecule has 2 aromatic rings. The highest BCUT2D eigenvalue weighted by Crippen LogP contribution is 2.11. The molecule has 2 heterocycles. The van der Waals surface area contributed by atoms with Crippen molar-refractivity contribution in [1.29, 1.82) is 0 Å². The second-order valence-electron chi connectivity index (χ2n) is 3.70. The summed E-state index contributed by atoms with van der Waals surface area (Å²) in [6.45, 7) is 4.86. The molecule has 2 rings (SSSR count). The van der Waals surface area contributed by atoms with Crippen LogP contribution in [0.15, 0.2) is 6.20 Å². The number of rotatable bonds is 5. The maximum Gasteiger partial charge on any atom is 0.202 e. The highest BCUT2D eigenvalue weighted by Gasteiger charge is 2.01. The third-order valence-electron chi connectivity index (χ3n) is 2.36. The summed E-state index contributed by atoms with van der Waals surface area (Å²) in [5.74, 6) is 0.832. The van der Waals surface area contributed by atoms with Gasteiger partial charge in [-0.05, 0) is 32.3 Å². The molecule has 2 aromatic heterocycles. The Hall–Kier alpha value is -1.43. The first-order valence-electron chi connectivity index (χ1n) is 5.29. The summed E-state index contributed by atoms with van der Waals surface area (Å²) >= 11 is 1.41. The Labute approximate surface area is 98.5 Å². The van der Waals surface area contributed by atoms with Gasteiger partial charge < -0.3 is 5.32 Å². The summed E-state index contributed by atoms with van der Waals surface area (Å²) < 4.78 is 4.11. The van der Waals surface area contributed by atoms with Gasteiger partial charge >= 0.3 is 0 Å². The van der Waals surface area contributed by atoms with Crippen LogP contribution in [-0.4, -0.2) is 26.1 Å². The number of hydrogen-bond acceptors (Lipinski definition) is 5. The zero-order chi connectivity index (χ0) is 11.4. The van der Waals surface area contributed by atoms with Gasteiger partial charge in [-0.3, -0.25) is 5.10 Å². The van der Waals surface area contributed by atoms with E-state index < -0.39 is 0 Å². The molecule has 0 radical (unpaired) electrons. The van der Waals surface area contributed by atoms with Crippen LogP contribution in [0, 0.1) is 13.8 Å². The van der Waals surface area contributed by atoms with Gasteiger partial charge in [0.05, 0.1) is 6.20 Å². The molecule has 0 saturated carbocycles. The topological polar surface area (TPSA) is 66.5 Å².